The molecule has 0 spiro atoms. The summed E-state index contributed by atoms with van der Waals surface area (Å²) in [7, 11) is 0. The normalized spacial score (nSPS) is 16.7. The van der Waals surface area contributed by atoms with E-state index in [2.05, 4.69) is 10.6 Å². The lowest BCUT2D eigenvalue weighted by Gasteiger charge is -2.09. The largest absolute Gasteiger partial charge is 0.324 e. The molecule has 0 fully saturated rings. The van der Waals surface area contributed by atoms with Crippen molar-refractivity contribution in [2.24, 2.45) is 0 Å². The molecule has 1 unspecified atom stereocenters. The Morgan fingerprint density at radius 1 is 1.19 bits per heavy atom. The van der Waals surface area contributed by atoms with Crippen molar-refractivity contribution in [3.8, 4) is 0 Å². The van der Waals surface area contributed by atoms with Gasteiger partial charge in [0.2, 0.25) is 5.91 Å². The van der Waals surface area contributed by atoms with Crippen molar-refractivity contribution in [3.05, 3.63) is 53.8 Å². The van der Waals surface area contributed by atoms with Crippen molar-refractivity contribution in [3.63, 3.8) is 0 Å². The standard InChI is InChI=1S/C16H15FN2OS/c1-2-18-15-13-8-7-12(9-14(13)19-16(15)20)21-11-5-3-10(17)4-6-11/h3-9,15,18H,2H2,1H3,(H,19,20). The maximum Gasteiger partial charge on any atom is 0.246 e. The van der Waals surface area contributed by atoms with E-state index in [1.54, 1.807) is 12.1 Å². The SMILES string of the molecule is CCNC1C(=O)Nc2cc(Sc3ccc(F)cc3)ccc21. The Bertz CT molecular complexity index is 672. The maximum absolute atomic E-state index is 12.9. The number of amides is 1. The highest BCUT2D eigenvalue weighted by molar-refractivity contribution is 7.99. The first kappa shape index (κ1) is 14.1. The molecule has 1 heterocycles. The van der Waals surface area contributed by atoms with Crippen molar-refractivity contribution in [1.29, 1.82) is 0 Å². The zero-order chi connectivity index (χ0) is 14.8. The van der Waals surface area contributed by atoms with Gasteiger partial charge in [-0.05, 0) is 42.9 Å². The fraction of sp³-hybridized carbons (Fsp3) is 0.188. The van der Waals surface area contributed by atoms with Gasteiger partial charge in [-0.3, -0.25) is 4.79 Å². The number of nitrogens with one attached hydrogen (secondary N) is 2. The average molecular weight is 302 g/mol. The zero-order valence-electron chi connectivity index (χ0n) is 11.5. The highest BCUT2D eigenvalue weighted by atomic mass is 32.2. The lowest BCUT2D eigenvalue weighted by Crippen LogP contribution is -2.27. The summed E-state index contributed by atoms with van der Waals surface area (Å²) in [6.07, 6.45) is 0. The molecule has 1 aliphatic heterocycles. The molecular formula is C16H15FN2OS. The van der Waals surface area contributed by atoms with Crippen LogP contribution < -0.4 is 10.6 Å². The molecule has 5 heteroatoms. The Balaban J connectivity index is 1.82. The number of benzene rings is 2. The molecule has 0 bridgehead atoms. The molecule has 2 aromatic carbocycles. The maximum atomic E-state index is 12.9. The van der Waals surface area contributed by atoms with Crippen molar-refractivity contribution in [2.75, 3.05) is 11.9 Å². The molecule has 3 nitrogen and oxygen atoms in total. The van der Waals surface area contributed by atoms with Crippen LogP contribution in [0.25, 0.3) is 0 Å². The van der Waals surface area contributed by atoms with Crippen LogP contribution in [0.2, 0.25) is 0 Å². The topological polar surface area (TPSA) is 41.1 Å². The fourth-order valence-corrected chi connectivity index (χ4v) is 3.21. The van der Waals surface area contributed by atoms with Crippen LogP contribution in [-0.2, 0) is 4.79 Å². The van der Waals surface area contributed by atoms with Gasteiger partial charge in [0.05, 0.1) is 0 Å². The number of likely N-dealkylation sites (N-methyl/N-ethyl adjacent to an activating group) is 1. The van der Waals surface area contributed by atoms with E-state index in [0.29, 0.717) is 0 Å². The van der Waals surface area contributed by atoms with Crippen LogP contribution in [0, 0.1) is 5.82 Å². The van der Waals surface area contributed by atoms with Crippen LogP contribution in [0.5, 0.6) is 0 Å². The summed E-state index contributed by atoms with van der Waals surface area (Å²) in [4.78, 5) is 13.9. The monoisotopic (exact) mass is 302 g/mol. The number of carbonyl (C=O) groups excluding carboxylic acids is 1. The Morgan fingerprint density at radius 3 is 2.62 bits per heavy atom. The third kappa shape index (κ3) is 2.94. The highest BCUT2D eigenvalue weighted by Gasteiger charge is 2.29. The number of hydrogen-bond acceptors (Lipinski definition) is 3. The minimum Gasteiger partial charge on any atom is -0.324 e. The van der Waals surface area contributed by atoms with Gasteiger partial charge < -0.3 is 10.6 Å². The number of rotatable bonds is 4. The zero-order valence-corrected chi connectivity index (χ0v) is 12.3. The molecule has 0 saturated heterocycles. The minimum atomic E-state index is -0.269. The summed E-state index contributed by atoms with van der Waals surface area (Å²) in [5.74, 6) is -0.259. The van der Waals surface area contributed by atoms with Gasteiger partial charge in [-0.1, -0.05) is 24.8 Å². The molecule has 3 rings (SSSR count). The predicted molar refractivity (Wildman–Crippen MR) is 82.0 cm³/mol. The van der Waals surface area contributed by atoms with Gasteiger partial charge in [-0.15, -0.1) is 0 Å². The second kappa shape index (κ2) is 5.87. The van der Waals surface area contributed by atoms with E-state index in [1.807, 2.05) is 25.1 Å². The number of anilines is 1. The van der Waals surface area contributed by atoms with Crippen molar-refractivity contribution < 1.29 is 9.18 Å². The minimum absolute atomic E-state index is 0.0178. The van der Waals surface area contributed by atoms with Crippen molar-refractivity contribution in [2.45, 2.75) is 22.8 Å². The smallest absolute Gasteiger partial charge is 0.246 e. The van der Waals surface area contributed by atoms with E-state index in [9.17, 15) is 9.18 Å². The van der Waals surface area contributed by atoms with Crippen LogP contribution in [0.3, 0.4) is 0 Å². The first-order valence-corrected chi connectivity index (χ1v) is 7.60. The van der Waals surface area contributed by atoms with Gasteiger partial charge in [0.15, 0.2) is 0 Å². The molecule has 2 aromatic rings. The van der Waals surface area contributed by atoms with E-state index < -0.39 is 0 Å². The van der Waals surface area contributed by atoms with Gasteiger partial charge in [0.1, 0.15) is 11.9 Å². The molecule has 2 N–H and O–H groups in total. The summed E-state index contributed by atoms with van der Waals surface area (Å²) < 4.78 is 12.9. The van der Waals surface area contributed by atoms with Crippen LogP contribution in [0.4, 0.5) is 10.1 Å². The molecule has 0 aliphatic carbocycles. The molecule has 21 heavy (non-hydrogen) atoms. The summed E-state index contributed by atoms with van der Waals surface area (Å²) in [5, 5.41) is 6.06. The summed E-state index contributed by atoms with van der Waals surface area (Å²) >= 11 is 1.54. The molecule has 0 saturated carbocycles. The third-order valence-electron chi connectivity index (χ3n) is 3.31. The van der Waals surface area contributed by atoms with Crippen LogP contribution in [0.15, 0.2) is 52.3 Å². The molecule has 0 radical (unpaired) electrons. The average Bonchev–Trinajstić information content (AvgIpc) is 2.78. The van der Waals surface area contributed by atoms with Gasteiger partial charge in [-0.2, -0.15) is 0 Å². The van der Waals surface area contributed by atoms with Crippen LogP contribution in [0.1, 0.15) is 18.5 Å². The molecule has 0 aromatic heterocycles. The lowest BCUT2D eigenvalue weighted by atomic mass is 10.1. The quantitative estimate of drug-likeness (QED) is 0.907. The van der Waals surface area contributed by atoms with Crippen molar-refractivity contribution in [1.82, 2.24) is 5.32 Å². The highest BCUT2D eigenvalue weighted by Crippen LogP contribution is 2.36. The fourth-order valence-electron chi connectivity index (χ4n) is 2.35. The van der Waals surface area contributed by atoms with Gasteiger partial charge >= 0.3 is 0 Å². The Kier molecular flexibility index (Phi) is 3.94. The summed E-state index contributed by atoms with van der Waals surface area (Å²) in [5.41, 5.74) is 1.82. The van der Waals surface area contributed by atoms with E-state index in [4.69, 9.17) is 0 Å². The molecule has 1 atom stereocenters. The molecule has 1 aliphatic rings. The van der Waals surface area contributed by atoms with Gasteiger partial charge in [-0.25, -0.2) is 4.39 Å². The van der Waals surface area contributed by atoms with E-state index in [-0.39, 0.29) is 17.8 Å². The Morgan fingerprint density at radius 2 is 1.90 bits per heavy atom. The van der Waals surface area contributed by atoms with E-state index >= 15 is 0 Å². The lowest BCUT2D eigenvalue weighted by molar-refractivity contribution is -0.117. The first-order chi connectivity index (χ1) is 10.2. The number of carbonyl (C=O) groups is 1. The number of hydrogen-bond donors (Lipinski definition) is 2. The van der Waals surface area contributed by atoms with E-state index in [0.717, 1.165) is 27.6 Å². The first-order valence-electron chi connectivity index (χ1n) is 6.79. The second-order valence-electron chi connectivity index (χ2n) is 4.78. The molecular weight excluding hydrogens is 287 g/mol. The molecule has 1 amide bonds. The summed E-state index contributed by atoms with van der Waals surface area (Å²) in [6.45, 7) is 2.72. The molecule has 108 valence electrons. The van der Waals surface area contributed by atoms with E-state index in [1.165, 1.54) is 23.9 Å². The van der Waals surface area contributed by atoms with Gasteiger partial charge in [0, 0.05) is 21.0 Å². The van der Waals surface area contributed by atoms with Crippen LogP contribution >= 0.6 is 11.8 Å². The predicted octanol–water partition coefficient (Wildman–Crippen LogP) is 3.58. The number of halogens is 1. The number of fused-ring (bicyclic) bond motifs is 1. The second-order valence-corrected chi connectivity index (χ2v) is 5.93. The van der Waals surface area contributed by atoms with Crippen molar-refractivity contribution >= 4 is 23.4 Å². The summed E-state index contributed by atoms with van der Waals surface area (Å²) in [6, 6.07) is 12.0. The Hall–Kier alpha value is -1.85. The third-order valence-corrected chi connectivity index (χ3v) is 4.31. The Labute approximate surface area is 126 Å². The van der Waals surface area contributed by atoms with Crippen LogP contribution in [-0.4, -0.2) is 12.5 Å². The van der Waals surface area contributed by atoms with Gasteiger partial charge in [0.25, 0.3) is 0 Å².